The van der Waals surface area contributed by atoms with Crippen molar-refractivity contribution < 1.29 is 23.9 Å². The highest BCUT2D eigenvalue weighted by molar-refractivity contribution is 7.12. The van der Waals surface area contributed by atoms with Crippen LogP contribution in [-0.4, -0.2) is 42.4 Å². The highest BCUT2D eigenvalue weighted by Gasteiger charge is 2.50. The van der Waals surface area contributed by atoms with Gasteiger partial charge in [0.25, 0.3) is 17.7 Å². The molecule has 1 saturated heterocycles. The van der Waals surface area contributed by atoms with Crippen molar-refractivity contribution in [3.63, 3.8) is 0 Å². The summed E-state index contributed by atoms with van der Waals surface area (Å²) in [7, 11) is 1.49. The van der Waals surface area contributed by atoms with Gasteiger partial charge in [0.2, 0.25) is 0 Å². The fourth-order valence-corrected chi connectivity index (χ4v) is 3.33. The van der Waals surface area contributed by atoms with Crippen LogP contribution in [0.4, 0.5) is 4.79 Å². The lowest BCUT2D eigenvalue weighted by Crippen LogP contribution is -2.50. The first-order valence-corrected chi connectivity index (χ1v) is 9.15. The highest BCUT2D eigenvalue weighted by Crippen LogP contribution is 2.30. The number of rotatable bonds is 6. The minimum atomic E-state index is -1.36. The van der Waals surface area contributed by atoms with E-state index in [-0.39, 0.29) is 6.54 Å². The summed E-state index contributed by atoms with van der Waals surface area (Å²) in [6.07, 6.45) is 0. The number of carbonyl (C=O) groups excluding carboxylic acids is 4. The maximum absolute atomic E-state index is 12.8. The zero-order valence-corrected chi connectivity index (χ0v) is 16.0. The van der Waals surface area contributed by atoms with Crippen LogP contribution in [0.3, 0.4) is 0 Å². The van der Waals surface area contributed by atoms with Crippen LogP contribution in [0, 0.1) is 0 Å². The Kier molecular flexibility index (Phi) is 5.32. The number of urea groups is 1. The van der Waals surface area contributed by atoms with E-state index in [2.05, 4.69) is 16.1 Å². The summed E-state index contributed by atoms with van der Waals surface area (Å²) in [6.45, 7) is 1.15. The molecule has 0 saturated carbocycles. The first kappa shape index (κ1) is 19.4. The number of amides is 5. The molecule has 5 amide bonds. The minimum Gasteiger partial charge on any atom is -0.497 e. The molecule has 2 aromatic rings. The van der Waals surface area contributed by atoms with E-state index in [0.717, 1.165) is 0 Å². The summed E-state index contributed by atoms with van der Waals surface area (Å²) in [6, 6.07) is 9.27. The molecule has 1 atom stereocenters. The van der Waals surface area contributed by atoms with Gasteiger partial charge < -0.3 is 15.4 Å². The molecule has 2 heterocycles. The van der Waals surface area contributed by atoms with Crippen LogP contribution in [0.2, 0.25) is 0 Å². The smallest absolute Gasteiger partial charge is 0.344 e. The summed E-state index contributed by atoms with van der Waals surface area (Å²) in [4.78, 5) is 49.5. The van der Waals surface area contributed by atoms with Gasteiger partial charge >= 0.3 is 6.03 Å². The fraction of sp³-hybridized carbons (Fsp3) is 0.222. The number of hydrogen-bond donors (Lipinski definition) is 3. The average molecular weight is 402 g/mol. The summed E-state index contributed by atoms with van der Waals surface area (Å²) < 4.78 is 5.15. The summed E-state index contributed by atoms with van der Waals surface area (Å²) in [5, 5.41) is 7.35. The van der Waals surface area contributed by atoms with Crippen molar-refractivity contribution in [2.45, 2.75) is 12.5 Å². The molecule has 3 N–H and O–H groups in total. The molecule has 1 aromatic carbocycles. The fourth-order valence-electron chi connectivity index (χ4n) is 2.69. The van der Waals surface area contributed by atoms with Gasteiger partial charge in [0.05, 0.1) is 18.5 Å². The van der Waals surface area contributed by atoms with Crippen molar-refractivity contribution in [2.75, 3.05) is 13.7 Å². The van der Waals surface area contributed by atoms with Crippen molar-refractivity contribution >= 4 is 35.1 Å². The number of nitrogens with one attached hydrogen (secondary N) is 3. The Bertz CT molecular complexity index is 930. The van der Waals surface area contributed by atoms with Crippen LogP contribution < -0.4 is 20.8 Å². The molecule has 1 aliphatic heterocycles. The highest BCUT2D eigenvalue weighted by atomic mass is 32.1. The van der Waals surface area contributed by atoms with Crippen molar-refractivity contribution in [1.29, 1.82) is 0 Å². The first-order chi connectivity index (χ1) is 13.3. The molecule has 0 radical (unpaired) electrons. The lowest BCUT2D eigenvalue weighted by molar-refractivity contribution is -0.138. The maximum atomic E-state index is 12.8. The first-order valence-electron chi connectivity index (χ1n) is 8.27. The summed E-state index contributed by atoms with van der Waals surface area (Å²) in [5.41, 5.74) is 1.37. The van der Waals surface area contributed by atoms with Gasteiger partial charge in [-0.3, -0.25) is 19.8 Å². The van der Waals surface area contributed by atoms with Gasteiger partial charge in [-0.1, -0.05) is 18.2 Å². The number of hydrazine groups is 1. The molecule has 0 bridgehead atoms. The monoisotopic (exact) mass is 402 g/mol. The van der Waals surface area contributed by atoms with E-state index < -0.39 is 29.3 Å². The molecule has 9 nitrogen and oxygen atoms in total. The standard InChI is InChI=1S/C18H18N4O5S/c1-18(11-5-3-6-12(9-11)27-2)16(25)22(17(26)20-18)21-14(23)10-19-15(24)13-7-4-8-28-13/h3-9H,10H2,1-2H3,(H,19,24)(H,20,26)(H,21,23)/t18-/m1/s1. The van der Waals surface area contributed by atoms with Crippen molar-refractivity contribution in [3.05, 3.63) is 52.2 Å². The quantitative estimate of drug-likeness (QED) is 0.623. The number of imide groups is 1. The van der Waals surface area contributed by atoms with Gasteiger partial charge in [-0.25, -0.2) is 4.79 Å². The van der Waals surface area contributed by atoms with Gasteiger partial charge in [-0.05, 0) is 36.1 Å². The largest absolute Gasteiger partial charge is 0.497 e. The number of nitrogens with zero attached hydrogens (tertiary/aromatic N) is 1. The maximum Gasteiger partial charge on any atom is 0.344 e. The number of benzene rings is 1. The lowest BCUT2D eigenvalue weighted by atomic mass is 9.92. The zero-order chi connectivity index (χ0) is 20.3. The molecule has 0 aliphatic carbocycles. The molecule has 3 rings (SSSR count). The van der Waals surface area contributed by atoms with Crippen LogP contribution in [0.5, 0.6) is 5.75 Å². The minimum absolute atomic E-state index is 0.385. The average Bonchev–Trinajstić information content (AvgIpc) is 3.30. The second-order valence-electron chi connectivity index (χ2n) is 6.12. The van der Waals surface area contributed by atoms with Crippen molar-refractivity contribution in [1.82, 2.24) is 21.1 Å². The molecule has 1 aliphatic rings. The number of carbonyl (C=O) groups is 4. The van der Waals surface area contributed by atoms with E-state index in [1.165, 1.54) is 25.4 Å². The van der Waals surface area contributed by atoms with Gasteiger partial charge in [-0.2, -0.15) is 5.01 Å². The molecule has 28 heavy (non-hydrogen) atoms. The van der Waals surface area contributed by atoms with Gasteiger partial charge in [0.1, 0.15) is 11.3 Å². The van der Waals surface area contributed by atoms with Crippen LogP contribution in [0.15, 0.2) is 41.8 Å². The van der Waals surface area contributed by atoms with E-state index in [0.29, 0.717) is 21.2 Å². The SMILES string of the molecule is COc1cccc([C@@]2(C)NC(=O)N(NC(=O)CNC(=O)c3cccs3)C2=O)c1. The predicted octanol–water partition coefficient (Wildman–Crippen LogP) is 0.985. The third-order valence-corrected chi connectivity index (χ3v) is 5.10. The van der Waals surface area contributed by atoms with Crippen molar-refractivity contribution in [3.8, 4) is 5.75 Å². The Hall–Kier alpha value is -3.40. The van der Waals surface area contributed by atoms with Crippen LogP contribution in [-0.2, 0) is 15.1 Å². The predicted molar refractivity (Wildman–Crippen MR) is 101 cm³/mol. The van der Waals surface area contributed by atoms with Crippen molar-refractivity contribution in [2.24, 2.45) is 0 Å². The Morgan fingerprint density at radius 1 is 1.25 bits per heavy atom. The normalized spacial score (nSPS) is 18.6. The number of methoxy groups -OCH3 is 1. The van der Waals surface area contributed by atoms with Crippen LogP contribution in [0.1, 0.15) is 22.2 Å². The van der Waals surface area contributed by atoms with E-state index >= 15 is 0 Å². The topological polar surface area (TPSA) is 117 Å². The summed E-state index contributed by atoms with van der Waals surface area (Å²) >= 11 is 1.23. The Balaban J connectivity index is 1.66. The van der Waals surface area contributed by atoms with Gasteiger partial charge in [0, 0.05) is 0 Å². The second kappa shape index (κ2) is 7.69. The molecule has 146 valence electrons. The third kappa shape index (κ3) is 3.67. The number of hydrogen-bond acceptors (Lipinski definition) is 6. The molecule has 10 heteroatoms. The molecule has 1 fully saturated rings. The Morgan fingerprint density at radius 3 is 2.71 bits per heavy atom. The Labute approximate surface area is 164 Å². The van der Waals surface area contributed by atoms with E-state index in [1.807, 2.05) is 0 Å². The molecule has 0 unspecified atom stereocenters. The summed E-state index contributed by atoms with van der Waals surface area (Å²) in [5.74, 6) is -1.24. The van der Waals surface area contributed by atoms with E-state index in [9.17, 15) is 19.2 Å². The lowest BCUT2D eigenvalue weighted by Gasteiger charge is -2.22. The molecular weight excluding hydrogens is 384 g/mol. The van der Waals surface area contributed by atoms with Gasteiger partial charge in [-0.15, -0.1) is 11.3 Å². The van der Waals surface area contributed by atoms with Crippen LogP contribution in [0.25, 0.3) is 0 Å². The molecule has 0 spiro atoms. The third-order valence-electron chi connectivity index (χ3n) is 4.23. The second-order valence-corrected chi connectivity index (χ2v) is 7.07. The zero-order valence-electron chi connectivity index (χ0n) is 15.1. The van der Waals surface area contributed by atoms with E-state index in [1.54, 1.807) is 41.8 Å². The van der Waals surface area contributed by atoms with Crippen LogP contribution >= 0.6 is 11.3 Å². The van der Waals surface area contributed by atoms with Gasteiger partial charge in [0.15, 0.2) is 0 Å². The molecule has 1 aromatic heterocycles. The molecular formula is C18H18N4O5S. The number of thiophene rings is 1. The number of ether oxygens (including phenoxy) is 1. The van der Waals surface area contributed by atoms with E-state index in [4.69, 9.17) is 4.74 Å². The Morgan fingerprint density at radius 2 is 2.04 bits per heavy atom.